The summed E-state index contributed by atoms with van der Waals surface area (Å²) < 4.78 is 37.8. The molecule has 1 aliphatic carbocycles. The Morgan fingerprint density at radius 1 is 1.12 bits per heavy atom. The number of pyridine rings is 2. The standard InChI is InChI=1S/C24H23F3N4O/c25-24(26,27)21-8-2-15(13-28-21)3-10-23(32)29-18-5-7-20-17(12-18)4-9-22(30-20)31-14-16-1-6-19(31)11-16/h2,4-5,7-9,12-13,16,19H,1,3,6,10-11,14H2,(H,29,32)/t16-,19-/m0/s1. The van der Waals surface area contributed by atoms with Crippen LogP contribution in [0.4, 0.5) is 24.7 Å². The van der Waals surface area contributed by atoms with Crippen molar-refractivity contribution >= 4 is 28.3 Å². The molecule has 32 heavy (non-hydrogen) atoms. The van der Waals surface area contributed by atoms with Gasteiger partial charge in [0, 0.05) is 36.3 Å². The van der Waals surface area contributed by atoms with E-state index in [9.17, 15) is 18.0 Å². The van der Waals surface area contributed by atoms with E-state index in [4.69, 9.17) is 4.98 Å². The quantitative estimate of drug-likeness (QED) is 0.592. The minimum Gasteiger partial charge on any atom is -0.353 e. The minimum atomic E-state index is -4.46. The molecule has 8 heteroatoms. The SMILES string of the molecule is O=C(CCc1ccc(C(F)(F)F)nc1)Nc1ccc2nc(N3C[C@H]4CC[C@H]3C4)ccc2c1. The van der Waals surface area contributed by atoms with Crippen LogP contribution in [0.3, 0.4) is 0 Å². The summed E-state index contributed by atoms with van der Waals surface area (Å²) in [5.74, 6) is 1.61. The highest BCUT2D eigenvalue weighted by atomic mass is 19.4. The van der Waals surface area contributed by atoms with Gasteiger partial charge in [-0.05, 0) is 73.6 Å². The van der Waals surface area contributed by atoms with Gasteiger partial charge in [0.2, 0.25) is 5.91 Å². The van der Waals surface area contributed by atoms with Gasteiger partial charge >= 0.3 is 6.18 Å². The fourth-order valence-electron chi connectivity index (χ4n) is 4.78. The van der Waals surface area contributed by atoms with Crippen molar-refractivity contribution in [1.29, 1.82) is 0 Å². The van der Waals surface area contributed by atoms with E-state index >= 15 is 0 Å². The number of anilines is 2. The lowest BCUT2D eigenvalue weighted by Crippen LogP contribution is -2.32. The van der Waals surface area contributed by atoms with Crippen LogP contribution in [0.2, 0.25) is 0 Å². The van der Waals surface area contributed by atoms with Gasteiger partial charge in [-0.15, -0.1) is 0 Å². The number of amides is 1. The van der Waals surface area contributed by atoms with Crippen molar-refractivity contribution in [2.45, 2.75) is 44.3 Å². The third-order valence-corrected chi connectivity index (χ3v) is 6.42. The maximum absolute atomic E-state index is 12.6. The topological polar surface area (TPSA) is 58.1 Å². The van der Waals surface area contributed by atoms with Crippen molar-refractivity contribution in [1.82, 2.24) is 9.97 Å². The number of benzene rings is 1. The van der Waals surface area contributed by atoms with Gasteiger partial charge in [-0.2, -0.15) is 13.2 Å². The first-order chi connectivity index (χ1) is 15.3. The highest BCUT2D eigenvalue weighted by Gasteiger charge is 2.38. The Balaban J connectivity index is 1.20. The number of carbonyl (C=O) groups excluding carboxylic acids is 1. The fourth-order valence-corrected chi connectivity index (χ4v) is 4.78. The number of carbonyl (C=O) groups is 1. The number of aromatic nitrogens is 2. The Kier molecular flexibility index (Phi) is 5.23. The first-order valence-electron chi connectivity index (χ1n) is 10.8. The molecule has 1 N–H and O–H groups in total. The summed E-state index contributed by atoms with van der Waals surface area (Å²) in [6, 6.07) is 12.6. The molecule has 1 saturated heterocycles. The smallest absolute Gasteiger partial charge is 0.353 e. The molecule has 3 heterocycles. The van der Waals surface area contributed by atoms with E-state index in [1.807, 2.05) is 30.3 Å². The van der Waals surface area contributed by atoms with Crippen LogP contribution in [0.1, 0.15) is 36.9 Å². The summed E-state index contributed by atoms with van der Waals surface area (Å²) in [6.45, 7) is 1.09. The van der Waals surface area contributed by atoms with Gasteiger partial charge < -0.3 is 10.2 Å². The van der Waals surface area contributed by atoms with Crippen LogP contribution in [0.25, 0.3) is 10.9 Å². The molecule has 0 unspecified atom stereocenters. The van der Waals surface area contributed by atoms with Crippen LogP contribution in [-0.2, 0) is 17.4 Å². The van der Waals surface area contributed by atoms with Crippen molar-refractivity contribution in [3.05, 3.63) is 59.9 Å². The van der Waals surface area contributed by atoms with E-state index in [-0.39, 0.29) is 12.3 Å². The number of halogens is 3. The van der Waals surface area contributed by atoms with Crippen molar-refractivity contribution in [2.24, 2.45) is 5.92 Å². The molecule has 0 radical (unpaired) electrons. The average molecular weight is 440 g/mol. The van der Waals surface area contributed by atoms with E-state index < -0.39 is 11.9 Å². The van der Waals surface area contributed by atoms with E-state index in [0.717, 1.165) is 35.2 Å². The molecule has 5 rings (SSSR count). The van der Waals surface area contributed by atoms with Crippen molar-refractivity contribution in [3.8, 4) is 0 Å². The van der Waals surface area contributed by atoms with Gasteiger partial charge in [0.15, 0.2) is 0 Å². The number of nitrogens with one attached hydrogen (secondary N) is 1. The van der Waals surface area contributed by atoms with Gasteiger partial charge in [0.05, 0.1) is 5.52 Å². The Labute approximate surface area is 183 Å². The van der Waals surface area contributed by atoms with E-state index in [1.54, 1.807) is 0 Å². The number of aryl methyl sites for hydroxylation is 1. The van der Waals surface area contributed by atoms with Crippen LogP contribution in [0, 0.1) is 5.92 Å². The van der Waals surface area contributed by atoms with E-state index in [0.29, 0.717) is 23.7 Å². The van der Waals surface area contributed by atoms with Gasteiger partial charge in [0.1, 0.15) is 11.5 Å². The second kappa shape index (κ2) is 8.07. The van der Waals surface area contributed by atoms with Crippen LogP contribution in [0.15, 0.2) is 48.7 Å². The second-order valence-electron chi connectivity index (χ2n) is 8.66. The van der Waals surface area contributed by atoms with Crippen LogP contribution >= 0.6 is 0 Å². The summed E-state index contributed by atoms with van der Waals surface area (Å²) in [7, 11) is 0. The van der Waals surface area contributed by atoms with E-state index in [2.05, 4.69) is 15.2 Å². The van der Waals surface area contributed by atoms with E-state index in [1.165, 1.54) is 31.5 Å². The third-order valence-electron chi connectivity index (χ3n) is 6.42. The molecular formula is C24H23F3N4O. The molecule has 2 atom stereocenters. The summed E-state index contributed by atoms with van der Waals surface area (Å²) in [4.78, 5) is 23.0. The average Bonchev–Trinajstić information content (AvgIpc) is 3.41. The molecule has 2 bridgehead atoms. The molecular weight excluding hydrogens is 417 g/mol. The van der Waals surface area contributed by atoms with Crippen LogP contribution in [0.5, 0.6) is 0 Å². The first kappa shape index (κ1) is 20.7. The molecule has 2 aliphatic rings. The monoisotopic (exact) mass is 440 g/mol. The molecule has 1 amide bonds. The lowest BCUT2D eigenvalue weighted by Gasteiger charge is -2.28. The summed E-state index contributed by atoms with van der Waals surface area (Å²) >= 11 is 0. The molecule has 1 aromatic carbocycles. The third kappa shape index (κ3) is 4.26. The fraction of sp³-hybridized carbons (Fsp3) is 0.375. The lowest BCUT2D eigenvalue weighted by atomic mass is 10.1. The zero-order valence-electron chi connectivity index (χ0n) is 17.4. The van der Waals surface area contributed by atoms with Crippen LogP contribution < -0.4 is 10.2 Å². The normalized spacial score (nSPS) is 20.2. The highest BCUT2D eigenvalue weighted by molar-refractivity contribution is 5.94. The Morgan fingerprint density at radius 3 is 2.69 bits per heavy atom. The molecule has 0 spiro atoms. The number of hydrogen-bond acceptors (Lipinski definition) is 4. The Hall–Kier alpha value is -3.16. The first-order valence-corrected chi connectivity index (χ1v) is 10.8. The van der Waals surface area contributed by atoms with Gasteiger partial charge in [-0.1, -0.05) is 6.07 Å². The summed E-state index contributed by atoms with van der Waals surface area (Å²) in [5.41, 5.74) is 1.21. The highest BCUT2D eigenvalue weighted by Crippen LogP contribution is 2.40. The molecule has 2 fully saturated rings. The number of nitrogens with zero attached hydrogens (tertiary/aromatic N) is 3. The zero-order valence-corrected chi connectivity index (χ0v) is 17.4. The zero-order chi connectivity index (χ0) is 22.3. The molecule has 1 aliphatic heterocycles. The van der Waals surface area contributed by atoms with Crippen LogP contribution in [-0.4, -0.2) is 28.5 Å². The van der Waals surface area contributed by atoms with Gasteiger partial charge in [-0.3, -0.25) is 9.78 Å². The second-order valence-corrected chi connectivity index (χ2v) is 8.66. The number of hydrogen-bond donors (Lipinski definition) is 1. The molecule has 166 valence electrons. The predicted octanol–water partition coefficient (Wildman–Crippen LogP) is 5.21. The van der Waals surface area contributed by atoms with Gasteiger partial charge in [0.25, 0.3) is 0 Å². The number of fused-ring (bicyclic) bond motifs is 3. The molecule has 3 aromatic rings. The maximum Gasteiger partial charge on any atom is 0.433 e. The lowest BCUT2D eigenvalue weighted by molar-refractivity contribution is -0.141. The molecule has 5 nitrogen and oxygen atoms in total. The van der Waals surface area contributed by atoms with Gasteiger partial charge in [-0.25, -0.2) is 4.98 Å². The Bertz CT molecular complexity index is 1150. The number of alkyl halides is 3. The molecule has 1 saturated carbocycles. The number of piperidine rings is 1. The molecule has 2 aromatic heterocycles. The van der Waals surface area contributed by atoms with Crippen molar-refractivity contribution in [3.63, 3.8) is 0 Å². The largest absolute Gasteiger partial charge is 0.433 e. The minimum absolute atomic E-state index is 0.153. The van der Waals surface area contributed by atoms with Crippen molar-refractivity contribution < 1.29 is 18.0 Å². The summed E-state index contributed by atoms with van der Waals surface area (Å²) in [5, 5.41) is 3.80. The van der Waals surface area contributed by atoms with Crippen molar-refractivity contribution in [2.75, 3.05) is 16.8 Å². The number of rotatable bonds is 5. The summed E-state index contributed by atoms with van der Waals surface area (Å²) in [6.07, 6.45) is 1.02. The maximum atomic E-state index is 12.6. The predicted molar refractivity (Wildman–Crippen MR) is 116 cm³/mol. The Morgan fingerprint density at radius 2 is 2.00 bits per heavy atom.